The maximum Gasteiger partial charge on any atom is 0.123 e. The molecule has 1 aromatic rings. The Hall–Kier alpha value is -1.05. The van der Waals surface area contributed by atoms with E-state index in [0.29, 0.717) is 6.10 Å². The fourth-order valence-corrected chi connectivity index (χ4v) is 2.18. The third-order valence-corrected chi connectivity index (χ3v) is 3.15. The molecule has 0 bridgehead atoms. The molecular weight excluding hydrogens is 203 g/mol. The first kappa shape index (κ1) is 11.4. The molecule has 0 aromatic heterocycles. The van der Waals surface area contributed by atoms with Crippen molar-refractivity contribution in [2.75, 3.05) is 0 Å². The Bertz CT molecular complexity index is 358. The van der Waals surface area contributed by atoms with Crippen molar-refractivity contribution in [3.8, 4) is 5.75 Å². The number of rotatable bonds is 1. The average molecular weight is 222 g/mol. The van der Waals surface area contributed by atoms with E-state index in [2.05, 4.69) is 0 Å². The zero-order valence-electron chi connectivity index (χ0n) is 10.0. The Kier molecular flexibility index (Phi) is 3.47. The molecule has 1 atom stereocenters. The van der Waals surface area contributed by atoms with Crippen LogP contribution in [0.1, 0.15) is 38.7 Å². The van der Waals surface area contributed by atoms with E-state index >= 15 is 0 Å². The van der Waals surface area contributed by atoms with Gasteiger partial charge >= 0.3 is 0 Å². The smallest absolute Gasteiger partial charge is 0.123 e. The Morgan fingerprint density at radius 1 is 1.19 bits per heavy atom. The van der Waals surface area contributed by atoms with Crippen LogP contribution in [-0.2, 0) is 6.42 Å². The van der Waals surface area contributed by atoms with Crippen LogP contribution in [0.3, 0.4) is 0 Å². The zero-order chi connectivity index (χ0) is 11.5. The maximum absolute atomic E-state index is 12.9. The number of hydrogen-bond donors (Lipinski definition) is 0. The number of hydrogen-bond acceptors (Lipinski definition) is 1. The van der Waals surface area contributed by atoms with Crippen molar-refractivity contribution in [2.24, 2.45) is 5.92 Å². The van der Waals surface area contributed by atoms with Crippen LogP contribution >= 0.6 is 0 Å². The third-order valence-electron chi connectivity index (χ3n) is 3.15. The first-order valence-corrected chi connectivity index (χ1v) is 6.28. The monoisotopic (exact) mass is 222 g/mol. The van der Waals surface area contributed by atoms with Crippen LogP contribution in [0.15, 0.2) is 18.2 Å². The van der Waals surface area contributed by atoms with Crippen molar-refractivity contribution in [3.05, 3.63) is 29.6 Å². The highest BCUT2D eigenvalue weighted by Crippen LogP contribution is 2.40. The van der Waals surface area contributed by atoms with Crippen LogP contribution in [0.5, 0.6) is 5.75 Å². The second-order valence-corrected chi connectivity index (χ2v) is 4.28. The number of halogens is 1. The summed E-state index contributed by atoms with van der Waals surface area (Å²) >= 11 is 0. The summed E-state index contributed by atoms with van der Waals surface area (Å²) in [6, 6.07) is 4.84. The first-order valence-electron chi connectivity index (χ1n) is 6.28. The van der Waals surface area contributed by atoms with Crippen molar-refractivity contribution in [2.45, 2.75) is 45.6 Å². The predicted molar refractivity (Wildman–Crippen MR) is 63.2 cm³/mol. The molecule has 1 aliphatic carbocycles. The van der Waals surface area contributed by atoms with Crippen LogP contribution in [0, 0.1) is 11.7 Å². The molecule has 1 aromatic carbocycles. The van der Waals surface area contributed by atoms with Gasteiger partial charge in [-0.15, -0.1) is 0 Å². The average Bonchev–Trinajstić information content (AvgIpc) is 3.15. The number of aryl methyl sites for hydroxylation is 1. The Labute approximate surface area is 96.6 Å². The van der Waals surface area contributed by atoms with Gasteiger partial charge < -0.3 is 4.74 Å². The van der Waals surface area contributed by atoms with Crippen molar-refractivity contribution in [1.82, 2.24) is 0 Å². The normalized spacial score (nSPS) is 22.6. The largest absolute Gasteiger partial charge is 0.490 e. The summed E-state index contributed by atoms with van der Waals surface area (Å²) < 4.78 is 18.8. The van der Waals surface area contributed by atoms with Crippen LogP contribution in [0.25, 0.3) is 0 Å². The van der Waals surface area contributed by atoms with E-state index in [1.54, 1.807) is 12.1 Å². The summed E-state index contributed by atoms with van der Waals surface area (Å²) in [6.45, 7) is 4.00. The summed E-state index contributed by atoms with van der Waals surface area (Å²) in [6.07, 6.45) is 5.03. The van der Waals surface area contributed by atoms with Gasteiger partial charge in [-0.3, -0.25) is 0 Å². The topological polar surface area (TPSA) is 9.23 Å². The maximum atomic E-state index is 12.9. The van der Waals surface area contributed by atoms with Gasteiger partial charge in [0, 0.05) is 0 Å². The van der Waals surface area contributed by atoms with Crippen molar-refractivity contribution in [3.63, 3.8) is 0 Å². The minimum Gasteiger partial charge on any atom is -0.490 e. The van der Waals surface area contributed by atoms with E-state index in [0.717, 1.165) is 30.1 Å². The molecule has 0 spiro atoms. The molecule has 88 valence electrons. The van der Waals surface area contributed by atoms with Crippen molar-refractivity contribution in [1.29, 1.82) is 0 Å². The van der Waals surface area contributed by atoms with Gasteiger partial charge in [-0.2, -0.15) is 0 Å². The minimum atomic E-state index is -0.155. The summed E-state index contributed by atoms with van der Waals surface area (Å²) in [5.41, 5.74) is 1.03. The fourth-order valence-electron chi connectivity index (χ4n) is 2.18. The SMILES string of the molecule is CC.Fc1ccc2c(c1)CCC(C1CC1)O2. The molecule has 3 rings (SSSR count). The number of benzene rings is 1. The molecule has 16 heavy (non-hydrogen) atoms. The van der Waals surface area contributed by atoms with Gasteiger partial charge in [0.15, 0.2) is 0 Å². The molecule has 2 heteroatoms. The molecule has 0 amide bonds. The molecule has 1 heterocycles. The van der Waals surface area contributed by atoms with Crippen LogP contribution in [0.4, 0.5) is 4.39 Å². The Balaban J connectivity index is 0.000000457. The van der Waals surface area contributed by atoms with E-state index < -0.39 is 0 Å². The molecule has 1 saturated carbocycles. The van der Waals surface area contributed by atoms with E-state index in [1.807, 2.05) is 13.8 Å². The molecule has 0 N–H and O–H groups in total. The highest BCUT2D eigenvalue weighted by Gasteiger charge is 2.34. The Morgan fingerprint density at radius 3 is 2.62 bits per heavy atom. The molecule has 1 unspecified atom stereocenters. The van der Waals surface area contributed by atoms with Gasteiger partial charge in [0.1, 0.15) is 17.7 Å². The van der Waals surface area contributed by atoms with Gasteiger partial charge in [-0.05, 0) is 55.4 Å². The zero-order valence-corrected chi connectivity index (χ0v) is 10.0. The second kappa shape index (κ2) is 4.86. The van der Waals surface area contributed by atoms with Crippen LogP contribution < -0.4 is 4.74 Å². The van der Waals surface area contributed by atoms with Gasteiger partial charge in [-0.1, -0.05) is 13.8 Å². The second-order valence-electron chi connectivity index (χ2n) is 4.28. The lowest BCUT2D eigenvalue weighted by atomic mass is 10.00. The van der Waals surface area contributed by atoms with E-state index in [-0.39, 0.29) is 5.82 Å². The molecule has 0 saturated heterocycles. The highest BCUT2D eigenvalue weighted by molar-refractivity contribution is 5.36. The van der Waals surface area contributed by atoms with E-state index in [9.17, 15) is 4.39 Å². The highest BCUT2D eigenvalue weighted by atomic mass is 19.1. The van der Waals surface area contributed by atoms with Gasteiger partial charge in [0.25, 0.3) is 0 Å². The quantitative estimate of drug-likeness (QED) is 0.699. The van der Waals surface area contributed by atoms with Crippen molar-refractivity contribution < 1.29 is 9.13 Å². The lowest BCUT2D eigenvalue weighted by Crippen LogP contribution is -2.24. The molecule has 0 radical (unpaired) electrons. The van der Waals surface area contributed by atoms with Crippen LogP contribution in [-0.4, -0.2) is 6.10 Å². The summed E-state index contributed by atoms with van der Waals surface area (Å²) in [4.78, 5) is 0. The molecule has 1 aliphatic heterocycles. The van der Waals surface area contributed by atoms with Gasteiger partial charge in [0.05, 0.1) is 0 Å². The standard InChI is InChI=1S/C12H13FO.C2H6/c13-10-4-6-12-9(7-10)3-5-11(14-12)8-1-2-8;1-2/h4,6-8,11H,1-3,5H2;1-2H3. The van der Waals surface area contributed by atoms with Gasteiger partial charge in [0.2, 0.25) is 0 Å². The van der Waals surface area contributed by atoms with E-state index in [4.69, 9.17) is 4.74 Å². The summed E-state index contributed by atoms with van der Waals surface area (Å²) in [7, 11) is 0. The lowest BCUT2D eigenvalue weighted by molar-refractivity contribution is 0.151. The Morgan fingerprint density at radius 2 is 1.94 bits per heavy atom. The van der Waals surface area contributed by atoms with Gasteiger partial charge in [-0.25, -0.2) is 4.39 Å². The minimum absolute atomic E-state index is 0.155. The molecule has 1 nitrogen and oxygen atoms in total. The summed E-state index contributed by atoms with van der Waals surface area (Å²) in [5.74, 6) is 1.51. The number of fused-ring (bicyclic) bond motifs is 1. The molecule has 1 fully saturated rings. The third kappa shape index (κ3) is 2.37. The molecular formula is C14H19FO. The van der Waals surface area contributed by atoms with Crippen molar-refractivity contribution >= 4 is 0 Å². The number of ether oxygens (including phenoxy) is 1. The predicted octanol–water partition coefficient (Wildman–Crippen LogP) is 3.96. The first-order chi connectivity index (χ1) is 7.83. The lowest BCUT2D eigenvalue weighted by Gasteiger charge is -2.25. The summed E-state index contributed by atoms with van der Waals surface area (Å²) in [5, 5.41) is 0. The molecule has 2 aliphatic rings. The van der Waals surface area contributed by atoms with Crippen LogP contribution in [0.2, 0.25) is 0 Å². The van der Waals surface area contributed by atoms with E-state index in [1.165, 1.54) is 18.9 Å². The fraction of sp³-hybridized carbons (Fsp3) is 0.571.